The van der Waals surface area contributed by atoms with Crippen LogP contribution in [0.25, 0.3) is 5.69 Å². The molecule has 2 aromatic carbocycles. The number of nitrogens with zero attached hydrogens (tertiary/aromatic N) is 3. The molecular weight excluding hydrogens is 424 g/mol. The van der Waals surface area contributed by atoms with Crippen molar-refractivity contribution < 1.29 is 17.2 Å². The fraction of sp³-hybridized carbons (Fsp3) is 0.0476. The lowest BCUT2D eigenvalue weighted by molar-refractivity contribution is 0.509. The minimum absolute atomic E-state index is 0.0879. The SMILES string of the molecule is O=S(=O)(Nc1ccc(F)c(F)c1)c1ccc(NCc2ccn(-c3ccccc3)n2)nc1. The summed E-state index contributed by atoms with van der Waals surface area (Å²) in [5.41, 5.74) is 1.63. The Bertz CT molecular complexity index is 1290. The van der Waals surface area contributed by atoms with Gasteiger partial charge in [0.2, 0.25) is 0 Å². The van der Waals surface area contributed by atoms with Gasteiger partial charge in [-0.25, -0.2) is 26.9 Å². The van der Waals surface area contributed by atoms with E-state index in [0.29, 0.717) is 12.4 Å². The van der Waals surface area contributed by atoms with Crippen molar-refractivity contribution in [1.82, 2.24) is 14.8 Å². The first-order chi connectivity index (χ1) is 14.9. The molecule has 2 aromatic heterocycles. The van der Waals surface area contributed by atoms with E-state index in [-0.39, 0.29) is 10.6 Å². The van der Waals surface area contributed by atoms with Crippen LogP contribution in [0, 0.1) is 11.6 Å². The molecule has 2 heterocycles. The summed E-state index contributed by atoms with van der Waals surface area (Å²) >= 11 is 0. The molecule has 0 aliphatic heterocycles. The van der Waals surface area contributed by atoms with Gasteiger partial charge in [0.25, 0.3) is 10.0 Å². The second kappa shape index (κ2) is 8.52. The number of hydrogen-bond donors (Lipinski definition) is 2. The number of aromatic nitrogens is 3. The highest BCUT2D eigenvalue weighted by atomic mass is 32.2. The molecule has 0 spiro atoms. The van der Waals surface area contributed by atoms with Gasteiger partial charge in [0.05, 0.1) is 23.6 Å². The van der Waals surface area contributed by atoms with E-state index in [1.807, 2.05) is 42.6 Å². The topological polar surface area (TPSA) is 88.9 Å². The summed E-state index contributed by atoms with van der Waals surface area (Å²) in [5.74, 6) is -1.75. The average Bonchev–Trinajstić information content (AvgIpc) is 3.25. The highest BCUT2D eigenvalue weighted by Gasteiger charge is 2.16. The Hall–Kier alpha value is -3.79. The van der Waals surface area contributed by atoms with Crippen LogP contribution < -0.4 is 10.0 Å². The fourth-order valence-corrected chi connectivity index (χ4v) is 3.77. The molecule has 4 rings (SSSR count). The van der Waals surface area contributed by atoms with Crippen LogP contribution in [-0.2, 0) is 16.6 Å². The van der Waals surface area contributed by atoms with Gasteiger partial charge in [0, 0.05) is 18.5 Å². The molecular formula is C21H17F2N5O2S. The van der Waals surface area contributed by atoms with Crippen molar-refractivity contribution in [3.05, 3.63) is 96.5 Å². The summed E-state index contributed by atoms with van der Waals surface area (Å²) in [6.45, 7) is 0.395. The Morgan fingerprint density at radius 2 is 1.74 bits per heavy atom. The first-order valence-corrected chi connectivity index (χ1v) is 10.7. The van der Waals surface area contributed by atoms with Crippen molar-refractivity contribution in [2.45, 2.75) is 11.4 Å². The fourth-order valence-electron chi connectivity index (χ4n) is 2.78. The molecule has 0 atom stereocenters. The van der Waals surface area contributed by atoms with E-state index < -0.39 is 21.7 Å². The molecule has 10 heteroatoms. The van der Waals surface area contributed by atoms with Gasteiger partial charge in [0.15, 0.2) is 11.6 Å². The van der Waals surface area contributed by atoms with E-state index in [1.54, 1.807) is 4.68 Å². The molecule has 31 heavy (non-hydrogen) atoms. The number of para-hydroxylation sites is 1. The standard InChI is InChI=1S/C21H17F2N5O2S/c22-19-8-6-15(12-20(19)23)27-31(29,30)18-7-9-21(25-14-18)24-13-16-10-11-28(26-16)17-4-2-1-3-5-17/h1-12,14,27H,13H2,(H,24,25). The Morgan fingerprint density at radius 3 is 2.45 bits per heavy atom. The summed E-state index contributed by atoms with van der Waals surface area (Å²) < 4.78 is 55.1. The first kappa shape index (κ1) is 20.5. The van der Waals surface area contributed by atoms with Crippen LogP contribution >= 0.6 is 0 Å². The predicted octanol–water partition coefficient (Wildman–Crippen LogP) is 3.96. The highest BCUT2D eigenvalue weighted by Crippen LogP contribution is 2.19. The van der Waals surface area contributed by atoms with Crippen LogP contribution in [0.5, 0.6) is 0 Å². The molecule has 4 aromatic rings. The zero-order valence-electron chi connectivity index (χ0n) is 16.0. The third-order valence-electron chi connectivity index (χ3n) is 4.33. The molecule has 0 bridgehead atoms. The van der Waals surface area contributed by atoms with Crippen LogP contribution in [0.4, 0.5) is 20.3 Å². The van der Waals surface area contributed by atoms with E-state index in [0.717, 1.165) is 29.6 Å². The molecule has 0 aliphatic carbocycles. The Balaban J connectivity index is 1.40. The third-order valence-corrected chi connectivity index (χ3v) is 5.70. The zero-order chi connectivity index (χ0) is 21.8. The smallest absolute Gasteiger partial charge is 0.263 e. The van der Waals surface area contributed by atoms with E-state index in [4.69, 9.17) is 0 Å². The summed E-state index contributed by atoms with van der Waals surface area (Å²) in [5, 5.41) is 7.55. The maximum absolute atomic E-state index is 13.3. The van der Waals surface area contributed by atoms with Crippen molar-refractivity contribution in [1.29, 1.82) is 0 Å². The van der Waals surface area contributed by atoms with Crippen LogP contribution in [-0.4, -0.2) is 23.2 Å². The van der Waals surface area contributed by atoms with Gasteiger partial charge in [-0.2, -0.15) is 5.10 Å². The number of pyridine rings is 1. The Morgan fingerprint density at radius 1 is 0.935 bits per heavy atom. The molecule has 0 radical (unpaired) electrons. The number of halogens is 2. The molecule has 2 N–H and O–H groups in total. The summed E-state index contributed by atoms with van der Waals surface area (Å²) in [4.78, 5) is 3.98. The average molecular weight is 441 g/mol. The predicted molar refractivity (Wildman–Crippen MR) is 112 cm³/mol. The van der Waals surface area contributed by atoms with Crippen molar-refractivity contribution in [3.63, 3.8) is 0 Å². The molecule has 0 fully saturated rings. The molecule has 0 saturated heterocycles. The molecule has 0 aliphatic rings. The normalized spacial score (nSPS) is 11.3. The largest absolute Gasteiger partial charge is 0.364 e. The number of anilines is 2. The minimum Gasteiger partial charge on any atom is -0.364 e. The summed E-state index contributed by atoms with van der Waals surface area (Å²) in [6.07, 6.45) is 3.02. The Kier molecular flexibility index (Phi) is 5.63. The lowest BCUT2D eigenvalue weighted by atomic mass is 10.3. The van der Waals surface area contributed by atoms with Crippen LogP contribution in [0.1, 0.15) is 5.69 Å². The molecule has 0 amide bonds. The number of hydrogen-bond acceptors (Lipinski definition) is 5. The number of nitrogens with one attached hydrogen (secondary N) is 2. The number of benzene rings is 2. The van der Waals surface area contributed by atoms with Gasteiger partial charge in [0.1, 0.15) is 10.7 Å². The van der Waals surface area contributed by atoms with Gasteiger partial charge in [-0.05, 0) is 42.5 Å². The second-order valence-electron chi connectivity index (χ2n) is 6.55. The molecule has 0 unspecified atom stereocenters. The van der Waals surface area contributed by atoms with Crippen molar-refractivity contribution >= 4 is 21.5 Å². The van der Waals surface area contributed by atoms with Gasteiger partial charge in [-0.1, -0.05) is 18.2 Å². The monoisotopic (exact) mass is 441 g/mol. The van der Waals surface area contributed by atoms with E-state index in [1.165, 1.54) is 18.3 Å². The van der Waals surface area contributed by atoms with E-state index in [2.05, 4.69) is 20.1 Å². The first-order valence-electron chi connectivity index (χ1n) is 9.18. The van der Waals surface area contributed by atoms with Crippen molar-refractivity contribution in [2.75, 3.05) is 10.0 Å². The van der Waals surface area contributed by atoms with E-state index >= 15 is 0 Å². The van der Waals surface area contributed by atoms with Gasteiger partial charge in [-0.3, -0.25) is 4.72 Å². The molecule has 158 valence electrons. The lowest BCUT2D eigenvalue weighted by Gasteiger charge is -2.09. The Labute approximate surface area is 177 Å². The quantitative estimate of drug-likeness (QED) is 0.453. The van der Waals surface area contributed by atoms with Gasteiger partial charge >= 0.3 is 0 Å². The molecule has 0 saturated carbocycles. The van der Waals surface area contributed by atoms with Crippen LogP contribution in [0.15, 0.2) is 84.0 Å². The van der Waals surface area contributed by atoms with E-state index in [9.17, 15) is 17.2 Å². The van der Waals surface area contributed by atoms with Crippen LogP contribution in [0.3, 0.4) is 0 Å². The third kappa shape index (κ3) is 4.86. The second-order valence-corrected chi connectivity index (χ2v) is 8.24. The maximum Gasteiger partial charge on any atom is 0.263 e. The zero-order valence-corrected chi connectivity index (χ0v) is 16.9. The maximum atomic E-state index is 13.3. The number of rotatable bonds is 7. The minimum atomic E-state index is -4.00. The molecule has 7 nitrogen and oxygen atoms in total. The van der Waals surface area contributed by atoms with Gasteiger partial charge in [-0.15, -0.1) is 0 Å². The highest BCUT2D eigenvalue weighted by molar-refractivity contribution is 7.92. The van der Waals surface area contributed by atoms with Crippen molar-refractivity contribution in [3.8, 4) is 5.69 Å². The summed E-state index contributed by atoms with van der Waals surface area (Å²) in [7, 11) is -4.00. The van der Waals surface area contributed by atoms with Crippen LogP contribution in [0.2, 0.25) is 0 Å². The van der Waals surface area contributed by atoms with Crippen molar-refractivity contribution in [2.24, 2.45) is 0 Å². The van der Waals surface area contributed by atoms with Gasteiger partial charge < -0.3 is 5.32 Å². The lowest BCUT2D eigenvalue weighted by Crippen LogP contribution is -2.14. The summed E-state index contributed by atoms with van der Waals surface area (Å²) in [6, 6.07) is 17.2. The number of sulfonamides is 1.